The van der Waals surface area contributed by atoms with Crippen LogP contribution in [-0.2, 0) is 6.42 Å². The molecule has 25 heavy (non-hydrogen) atoms. The molecule has 0 aliphatic heterocycles. The van der Waals surface area contributed by atoms with Gasteiger partial charge in [0.2, 0.25) is 0 Å². The van der Waals surface area contributed by atoms with Crippen molar-refractivity contribution in [1.82, 2.24) is 5.32 Å². The predicted molar refractivity (Wildman–Crippen MR) is 98.1 cm³/mol. The van der Waals surface area contributed by atoms with Gasteiger partial charge in [0.1, 0.15) is 6.26 Å². The van der Waals surface area contributed by atoms with Crippen LogP contribution in [0.3, 0.4) is 0 Å². The Morgan fingerprint density at radius 1 is 1.04 bits per heavy atom. The van der Waals surface area contributed by atoms with Crippen molar-refractivity contribution < 1.29 is 14.0 Å². The Balaban J connectivity index is 1.50. The normalized spacial score (nSPS) is 10.2. The van der Waals surface area contributed by atoms with Crippen molar-refractivity contribution in [2.24, 2.45) is 0 Å². The van der Waals surface area contributed by atoms with Gasteiger partial charge in [-0.15, -0.1) is 11.3 Å². The smallest absolute Gasteiger partial charge is 0.319 e. The van der Waals surface area contributed by atoms with Crippen LogP contribution in [0.25, 0.3) is 0 Å². The van der Waals surface area contributed by atoms with Crippen LogP contribution in [0.5, 0.6) is 0 Å². The average molecular weight is 355 g/mol. The number of nitrogens with one attached hydrogen (secondary N) is 3. The molecule has 0 spiro atoms. The molecule has 128 valence electrons. The molecule has 0 bridgehead atoms. The molecule has 2 aromatic heterocycles. The molecular formula is C18H17N3O3S. The zero-order valence-corrected chi connectivity index (χ0v) is 14.1. The molecule has 3 rings (SSSR count). The fourth-order valence-corrected chi connectivity index (χ4v) is 2.91. The molecule has 1 aromatic carbocycles. The minimum Gasteiger partial charge on any atom is -0.472 e. The summed E-state index contributed by atoms with van der Waals surface area (Å²) < 4.78 is 4.89. The quantitative estimate of drug-likeness (QED) is 0.626. The fourth-order valence-electron chi connectivity index (χ4n) is 2.20. The van der Waals surface area contributed by atoms with Gasteiger partial charge in [-0.25, -0.2) is 4.79 Å². The largest absolute Gasteiger partial charge is 0.472 e. The number of thiophene rings is 1. The maximum atomic E-state index is 12.0. The number of carbonyl (C=O) groups excluding carboxylic acids is 2. The van der Waals surface area contributed by atoms with E-state index in [-0.39, 0.29) is 11.9 Å². The Labute approximate surface area is 148 Å². The number of urea groups is 1. The lowest BCUT2D eigenvalue weighted by atomic mass is 10.2. The van der Waals surface area contributed by atoms with E-state index in [4.69, 9.17) is 4.42 Å². The summed E-state index contributed by atoms with van der Waals surface area (Å²) in [5.41, 5.74) is 1.62. The highest BCUT2D eigenvalue weighted by Crippen LogP contribution is 2.16. The molecule has 7 heteroatoms. The summed E-state index contributed by atoms with van der Waals surface area (Å²) in [5, 5.41) is 10.3. The first-order valence-corrected chi connectivity index (χ1v) is 8.59. The molecule has 0 radical (unpaired) electrons. The van der Waals surface area contributed by atoms with Gasteiger partial charge in [-0.05, 0) is 42.1 Å². The number of hydrogen-bond acceptors (Lipinski definition) is 4. The molecule has 0 unspecified atom stereocenters. The number of carbonyl (C=O) groups is 2. The maximum Gasteiger partial charge on any atom is 0.319 e. The van der Waals surface area contributed by atoms with Crippen LogP contribution >= 0.6 is 11.3 Å². The molecule has 2 heterocycles. The van der Waals surface area contributed by atoms with Crippen molar-refractivity contribution in [3.05, 3.63) is 70.8 Å². The Morgan fingerprint density at radius 3 is 2.60 bits per heavy atom. The SMILES string of the molecule is O=C(NCCc1cccs1)Nc1cccc(NC(=O)c2ccoc2)c1. The van der Waals surface area contributed by atoms with Crippen LogP contribution in [0.1, 0.15) is 15.2 Å². The standard InChI is InChI=1S/C18H17N3O3S/c22-17(13-7-9-24-12-13)20-14-3-1-4-15(11-14)21-18(23)19-8-6-16-5-2-10-25-16/h1-5,7,9-12H,6,8H2,(H,20,22)(H2,19,21,23). The third-order valence-corrected chi connectivity index (χ3v) is 4.33. The van der Waals surface area contributed by atoms with Gasteiger partial charge in [-0.3, -0.25) is 4.79 Å². The van der Waals surface area contributed by atoms with E-state index < -0.39 is 0 Å². The van der Waals surface area contributed by atoms with Crippen LogP contribution in [0.15, 0.2) is 64.8 Å². The highest BCUT2D eigenvalue weighted by molar-refractivity contribution is 7.09. The van der Waals surface area contributed by atoms with E-state index in [0.717, 1.165) is 6.42 Å². The third-order valence-electron chi connectivity index (χ3n) is 3.40. The molecule has 0 aliphatic carbocycles. The summed E-state index contributed by atoms with van der Waals surface area (Å²) in [5.74, 6) is -0.272. The van der Waals surface area contributed by atoms with Gasteiger partial charge < -0.3 is 20.4 Å². The Kier molecular flexibility index (Phi) is 5.48. The summed E-state index contributed by atoms with van der Waals surface area (Å²) in [6, 6.07) is 12.3. The van der Waals surface area contributed by atoms with E-state index >= 15 is 0 Å². The predicted octanol–water partition coefficient (Wildman–Crippen LogP) is 3.96. The first-order chi connectivity index (χ1) is 12.2. The van der Waals surface area contributed by atoms with Crippen molar-refractivity contribution >= 4 is 34.6 Å². The van der Waals surface area contributed by atoms with Gasteiger partial charge in [0.25, 0.3) is 5.91 Å². The van der Waals surface area contributed by atoms with Crippen LogP contribution in [0.2, 0.25) is 0 Å². The van der Waals surface area contributed by atoms with E-state index in [0.29, 0.717) is 23.5 Å². The van der Waals surface area contributed by atoms with Crippen molar-refractivity contribution in [3.63, 3.8) is 0 Å². The summed E-state index contributed by atoms with van der Waals surface area (Å²) >= 11 is 1.67. The lowest BCUT2D eigenvalue weighted by Crippen LogP contribution is -2.30. The van der Waals surface area contributed by atoms with E-state index in [1.165, 1.54) is 17.4 Å². The first kappa shape index (κ1) is 16.8. The summed E-state index contributed by atoms with van der Waals surface area (Å²) in [6.07, 6.45) is 3.61. The zero-order chi connectivity index (χ0) is 17.5. The lowest BCUT2D eigenvalue weighted by molar-refractivity contribution is 0.102. The van der Waals surface area contributed by atoms with Gasteiger partial charge in [0.15, 0.2) is 0 Å². The second-order valence-corrected chi connectivity index (χ2v) is 6.29. The summed E-state index contributed by atoms with van der Waals surface area (Å²) in [7, 11) is 0. The van der Waals surface area contributed by atoms with Crippen LogP contribution < -0.4 is 16.0 Å². The van der Waals surface area contributed by atoms with Crippen molar-refractivity contribution in [2.75, 3.05) is 17.2 Å². The van der Waals surface area contributed by atoms with Gasteiger partial charge >= 0.3 is 6.03 Å². The topological polar surface area (TPSA) is 83.4 Å². The molecule has 3 aromatic rings. The van der Waals surface area contributed by atoms with Crippen molar-refractivity contribution in [2.45, 2.75) is 6.42 Å². The second-order valence-electron chi connectivity index (χ2n) is 5.26. The average Bonchev–Trinajstić information content (AvgIpc) is 3.29. The summed E-state index contributed by atoms with van der Waals surface area (Å²) in [6.45, 7) is 0.559. The van der Waals surface area contributed by atoms with Crippen molar-refractivity contribution in [1.29, 1.82) is 0 Å². The highest BCUT2D eigenvalue weighted by Gasteiger charge is 2.08. The molecule has 0 fully saturated rings. The van der Waals surface area contributed by atoms with Crippen LogP contribution in [0, 0.1) is 0 Å². The zero-order valence-electron chi connectivity index (χ0n) is 13.3. The number of benzene rings is 1. The third kappa shape index (κ3) is 4.95. The number of anilines is 2. The number of amides is 3. The number of rotatable bonds is 6. The Hall–Kier alpha value is -3.06. The molecular weight excluding hydrogens is 338 g/mol. The van der Waals surface area contributed by atoms with Gasteiger partial charge in [-0.2, -0.15) is 0 Å². The lowest BCUT2D eigenvalue weighted by Gasteiger charge is -2.09. The van der Waals surface area contributed by atoms with Crippen LogP contribution in [0.4, 0.5) is 16.2 Å². The highest BCUT2D eigenvalue weighted by atomic mass is 32.1. The molecule has 3 N–H and O–H groups in total. The number of hydrogen-bond donors (Lipinski definition) is 3. The maximum absolute atomic E-state index is 12.0. The monoisotopic (exact) mass is 355 g/mol. The molecule has 3 amide bonds. The molecule has 0 atom stereocenters. The van der Waals surface area contributed by atoms with E-state index in [1.807, 2.05) is 17.5 Å². The van der Waals surface area contributed by atoms with Gasteiger partial charge in [-0.1, -0.05) is 12.1 Å². The van der Waals surface area contributed by atoms with Crippen LogP contribution in [-0.4, -0.2) is 18.5 Å². The minimum atomic E-state index is -0.283. The molecule has 0 aliphatic rings. The van der Waals surface area contributed by atoms with Crippen molar-refractivity contribution in [3.8, 4) is 0 Å². The van der Waals surface area contributed by atoms with E-state index in [2.05, 4.69) is 16.0 Å². The van der Waals surface area contributed by atoms with Gasteiger partial charge in [0.05, 0.1) is 11.8 Å². The summed E-state index contributed by atoms with van der Waals surface area (Å²) in [4.78, 5) is 25.2. The molecule has 6 nitrogen and oxygen atoms in total. The minimum absolute atomic E-state index is 0.272. The second kappa shape index (κ2) is 8.16. The van der Waals surface area contributed by atoms with E-state index in [9.17, 15) is 9.59 Å². The first-order valence-electron chi connectivity index (χ1n) is 7.71. The van der Waals surface area contributed by atoms with Gasteiger partial charge in [0, 0.05) is 22.8 Å². The Morgan fingerprint density at radius 2 is 1.88 bits per heavy atom. The fraction of sp³-hybridized carbons (Fsp3) is 0.111. The molecule has 0 saturated heterocycles. The Bertz CT molecular complexity index is 829. The molecule has 0 saturated carbocycles. The van der Waals surface area contributed by atoms with E-state index in [1.54, 1.807) is 41.7 Å². The number of furan rings is 1.